The van der Waals surface area contributed by atoms with E-state index >= 15 is 0 Å². The van der Waals surface area contributed by atoms with Gasteiger partial charge in [0.1, 0.15) is 0 Å². The lowest BCUT2D eigenvalue weighted by atomic mass is 9.90. The predicted octanol–water partition coefficient (Wildman–Crippen LogP) is 0.764. The number of carbonyl (C=O) groups excluding carboxylic acids is 1. The normalized spacial score (nSPS) is 26.9. The van der Waals surface area contributed by atoms with Crippen LogP contribution in [-0.4, -0.2) is 66.1 Å². The van der Waals surface area contributed by atoms with Gasteiger partial charge in [-0.25, -0.2) is 0 Å². The van der Waals surface area contributed by atoms with Crippen LogP contribution in [0.15, 0.2) is 0 Å². The van der Waals surface area contributed by atoms with Crippen LogP contribution in [0.1, 0.15) is 32.1 Å². The highest BCUT2D eigenvalue weighted by Crippen LogP contribution is 2.28. The van der Waals surface area contributed by atoms with Gasteiger partial charge in [-0.2, -0.15) is 0 Å². The van der Waals surface area contributed by atoms with Crippen LogP contribution in [0.5, 0.6) is 0 Å². The number of likely N-dealkylation sites (N-methyl/N-ethyl adjacent to an activating group) is 1. The zero-order valence-corrected chi connectivity index (χ0v) is 13.0. The third kappa shape index (κ3) is 4.14. The van der Waals surface area contributed by atoms with Gasteiger partial charge in [-0.15, -0.1) is 0 Å². The number of ether oxygens (including phenoxy) is 1. The number of fused-ring (bicyclic) bond motifs is 1. The summed E-state index contributed by atoms with van der Waals surface area (Å²) in [5.74, 6) is 0.146. The van der Waals surface area contributed by atoms with E-state index in [4.69, 9.17) is 22.7 Å². The van der Waals surface area contributed by atoms with E-state index in [1.165, 1.54) is 12.8 Å². The van der Waals surface area contributed by atoms with Gasteiger partial charge in [0.25, 0.3) is 0 Å². The molecule has 1 saturated heterocycles. The summed E-state index contributed by atoms with van der Waals surface area (Å²) in [6.07, 6.45) is 5.68. The van der Waals surface area contributed by atoms with Gasteiger partial charge in [0.05, 0.1) is 24.2 Å². The number of carbonyl (C=O) groups is 1. The zero-order valence-electron chi connectivity index (χ0n) is 12.2. The number of hydrogen-bond acceptors (Lipinski definition) is 4. The van der Waals surface area contributed by atoms with E-state index in [0.29, 0.717) is 36.6 Å². The Bertz CT molecular complexity index is 362. The molecule has 0 aromatic rings. The van der Waals surface area contributed by atoms with Crippen LogP contribution < -0.4 is 5.73 Å². The highest BCUT2D eigenvalue weighted by atomic mass is 32.1. The van der Waals surface area contributed by atoms with Crippen molar-refractivity contribution >= 4 is 23.1 Å². The van der Waals surface area contributed by atoms with Crippen LogP contribution >= 0.6 is 12.2 Å². The largest absolute Gasteiger partial charge is 0.393 e. The quantitative estimate of drug-likeness (QED) is 0.760. The standard InChI is InChI=1S/C14H25N3O2S/c1-16(7-6-13(15)20)14(18)10-17-8-9-19-12-5-3-2-4-11(12)17/h11-12H,2-10H2,1H3,(H2,15,20). The average Bonchev–Trinajstić information content (AvgIpc) is 2.45. The number of thiocarbonyl (C=S) groups is 1. The molecule has 20 heavy (non-hydrogen) atoms. The molecule has 0 bridgehead atoms. The lowest BCUT2D eigenvalue weighted by Crippen LogP contribution is -2.55. The number of amides is 1. The summed E-state index contributed by atoms with van der Waals surface area (Å²) in [7, 11) is 1.82. The first-order valence-corrected chi connectivity index (χ1v) is 7.86. The molecule has 0 aromatic heterocycles. The van der Waals surface area contributed by atoms with Gasteiger partial charge in [0.2, 0.25) is 5.91 Å². The predicted molar refractivity (Wildman–Crippen MR) is 82.6 cm³/mol. The van der Waals surface area contributed by atoms with E-state index < -0.39 is 0 Å². The fourth-order valence-electron chi connectivity index (χ4n) is 3.07. The van der Waals surface area contributed by atoms with Crippen LogP contribution in [0.25, 0.3) is 0 Å². The third-order valence-electron chi connectivity index (χ3n) is 4.30. The molecule has 2 rings (SSSR count). The zero-order chi connectivity index (χ0) is 14.5. The Hall–Kier alpha value is -0.720. The van der Waals surface area contributed by atoms with E-state index in [1.54, 1.807) is 4.90 Å². The molecule has 2 atom stereocenters. The van der Waals surface area contributed by atoms with Gasteiger partial charge >= 0.3 is 0 Å². The first-order valence-electron chi connectivity index (χ1n) is 7.46. The summed E-state index contributed by atoms with van der Waals surface area (Å²) in [5.41, 5.74) is 5.48. The first-order chi connectivity index (χ1) is 9.58. The SMILES string of the molecule is CN(CCC(N)=S)C(=O)CN1CCOC2CCCCC21. The summed E-state index contributed by atoms with van der Waals surface area (Å²) in [6.45, 7) is 2.69. The van der Waals surface area contributed by atoms with E-state index in [-0.39, 0.29) is 5.91 Å². The molecule has 5 nitrogen and oxygen atoms in total. The Kier molecular flexibility index (Phi) is 5.74. The second-order valence-corrected chi connectivity index (χ2v) is 6.29. The molecule has 2 aliphatic rings. The molecule has 114 valence electrons. The molecular weight excluding hydrogens is 274 g/mol. The maximum Gasteiger partial charge on any atom is 0.236 e. The fourth-order valence-corrected chi connectivity index (χ4v) is 3.16. The summed E-state index contributed by atoms with van der Waals surface area (Å²) in [5, 5.41) is 0. The Morgan fingerprint density at radius 2 is 2.20 bits per heavy atom. The van der Waals surface area contributed by atoms with E-state index in [1.807, 2.05) is 7.05 Å². The number of rotatable bonds is 5. The van der Waals surface area contributed by atoms with Crippen molar-refractivity contribution < 1.29 is 9.53 Å². The molecular formula is C14H25N3O2S. The highest BCUT2D eigenvalue weighted by Gasteiger charge is 2.35. The maximum atomic E-state index is 12.3. The van der Waals surface area contributed by atoms with Crippen molar-refractivity contribution in [2.24, 2.45) is 5.73 Å². The Morgan fingerprint density at radius 1 is 1.45 bits per heavy atom. The molecule has 6 heteroatoms. The van der Waals surface area contributed by atoms with Crippen LogP contribution in [0.3, 0.4) is 0 Å². The minimum absolute atomic E-state index is 0.146. The second-order valence-electron chi connectivity index (χ2n) is 5.76. The van der Waals surface area contributed by atoms with Crippen molar-refractivity contribution in [2.75, 3.05) is 33.3 Å². The Labute approximate surface area is 126 Å². The third-order valence-corrected chi connectivity index (χ3v) is 4.51. The van der Waals surface area contributed by atoms with Gasteiger partial charge in [-0.1, -0.05) is 25.1 Å². The summed E-state index contributed by atoms with van der Waals surface area (Å²) in [6, 6.07) is 0.422. The fraction of sp³-hybridized carbons (Fsp3) is 0.857. The molecule has 2 fully saturated rings. The maximum absolute atomic E-state index is 12.3. The molecule has 1 aliphatic carbocycles. The van der Waals surface area contributed by atoms with Gasteiger partial charge < -0.3 is 15.4 Å². The molecule has 2 unspecified atom stereocenters. The molecule has 1 aliphatic heterocycles. The van der Waals surface area contributed by atoms with Crippen molar-refractivity contribution in [1.29, 1.82) is 0 Å². The van der Waals surface area contributed by atoms with E-state index in [9.17, 15) is 4.79 Å². The van der Waals surface area contributed by atoms with Gasteiger partial charge in [-0.3, -0.25) is 9.69 Å². The lowest BCUT2D eigenvalue weighted by Gasteiger charge is -2.43. The highest BCUT2D eigenvalue weighted by molar-refractivity contribution is 7.80. The van der Waals surface area contributed by atoms with E-state index in [0.717, 1.165) is 26.0 Å². The number of nitrogens with two attached hydrogens (primary N) is 1. The van der Waals surface area contributed by atoms with Crippen molar-refractivity contribution in [3.8, 4) is 0 Å². The Morgan fingerprint density at radius 3 is 2.95 bits per heavy atom. The number of hydrogen-bond donors (Lipinski definition) is 1. The lowest BCUT2D eigenvalue weighted by molar-refractivity contribution is -0.137. The summed E-state index contributed by atoms with van der Waals surface area (Å²) >= 11 is 4.85. The summed E-state index contributed by atoms with van der Waals surface area (Å²) < 4.78 is 5.83. The second kappa shape index (κ2) is 7.33. The molecule has 2 N–H and O–H groups in total. The van der Waals surface area contributed by atoms with Crippen molar-refractivity contribution in [2.45, 2.75) is 44.2 Å². The van der Waals surface area contributed by atoms with Gasteiger partial charge in [0.15, 0.2) is 0 Å². The molecule has 0 spiro atoms. The molecule has 1 amide bonds. The Balaban J connectivity index is 1.84. The molecule has 0 radical (unpaired) electrons. The number of morpholine rings is 1. The van der Waals surface area contributed by atoms with Crippen LogP contribution in [-0.2, 0) is 9.53 Å². The number of nitrogens with zero attached hydrogens (tertiary/aromatic N) is 2. The molecule has 1 saturated carbocycles. The minimum Gasteiger partial charge on any atom is -0.393 e. The molecule has 1 heterocycles. The van der Waals surface area contributed by atoms with E-state index in [2.05, 4.69) is 4.90 Å². The summed E-state index contributed by atoms with van der Waals surface area (Å²) in [4.78, 5) is 16.7. The topological polar surface area (TPSA) is 58.8 Å². The van der Waals surface area contributed by atoms with Crippen molar-refractivity contribution in [3.63, 3.8) is 0 Å². The van der Waals surface area contributed by atoms with Gasteiger partial charge in [-0.05, 0) is 12.8 Å². The van der Waals surface area contributed by atoms with Crippen LogP contribution in [0.4, 0.5) is 0 Å². The smallest absolute Gasteiger partial charge is 0.236 e. The van der Waals surface area contributed by atoms with Crippen molar-refractivity contribution in [3.05, 3.63) is 0 Å². The van der Waals surface area contributed by atoms with Crippen molar-refractivity contribution in [1.82, 2.24) is 9.80 Å². The molecule has 0 aromatic carbocycles. The minimum atomic E-state index is 0.146. The average molecular weight is 299 g/mol. The first kappa shape index (κ1) is 15.7. The van der Waals surface area contributed by atoms with Crippen LogP contribution in [0, 0.1) is 0 Å². The monoisotopic (exact) mass is 299 g/mol. The van der Waals surface area contributed by atoms with Gasteiger partial charge in [0, 0.05) is 32.6 Å². The van der Waals surface area contributed by atoms with Crippen LogP contribution in [0.2, 0.25) is 0 Å².